The van der Waals surface area contributed by atoms with Crippen molar-refractivity contribution in [3.05, 3.63) is 40.3 Å². The molecule has 7 heteroatoms. The van der Waals surface area contributed by atoms with E-state index < -0.39 is 17.9 Å². The molecule has 0 aliphatic carbocycles. The van der Waals surface area contributed by atoms with Crippen LogP contribution in [-0.4, -0.2) is 31.7 Å². The van der Waals surface area contributed by atoms with E-state index in [0.29, 0.717) is 6.54 Å². The lowest BCUT2D eigenvalue weighted by molar-refractivity contribution is -0.142. The van der Waals surface area contributed by atoms with E-state index in [-0.39, 0.29) is 12.3 Å². The second-order valence-corrected chi connectivity index (χ2v) is 5.97. The van der Waals surface area contributed by atoms with Crippen LogP contribution in [0.4, 0.5) is 0 Å². The third-order valence-corrected chi connectivity index (χ3v) is 4.48. The number of carboxylic acid groups (broad SMARTS) is 1. The van der Waals surface area contributed by atoms with Crippen molar-refractivity contribution in [3.8, 4) is 0 Å². The number of aryl methyl sites for hydroxylation is 1. The number of rotatable bonds is 4. The van der Waals surface area contributed by atoms with Crippen LogP contribution < -0.4 is 0 Å². The van der Waals surface area contributed by atoms with Crippen molar-refractivity contribution in [2.75, 3.05) is 0 Å². The molecular weight excluding hydrogens is 290 g/mol. The van der Waals surface area contributed by atoms with Gasteiger partial charge in [-0.2, -0.15) is 16.4 Å². The van der Waals surface area contributed by atoms with Crippen molar-refractivity contribution < 1.29 is 14.7 Å². The standard InChI is InChI=1S/C14H15N3O3S/c1-16-7-10(5-15-16)13-11(14(19)20)4-12(18)17(13)6-9-2-3-21-8-9/h2-3,5,7-8,11,13H,4,6H2,1H3,(H,19,20). The van der Waals surface area contributed by atoms with Crippen molar-refractivity contribution in [3.63, 3.8) is 0 Å². The van der Waals surface area contributed by atoms with Gasteiger partial charge in [0, 0.05) is 31.8 Å². The number of thiophene rings is 1. The van der Waals surface area contributed by atoms with Crippen LogP contribution in [0.2, 0.25) is 0 Å². The Kier molecular flexibility index (Phi) is 3.50. The molecule has 6 nitrogen and oxygen atoms in total. The third-order valence-electron chi connectivity index (χ3n) is 3.75. The summed E-state index contributed by atoms with van der Waals surface area (Å²) in [6.45, 7) is 0.436. The van der Waals surface area contributed by atoms with E-state index in [1.807, 2.05) is 16.8 Å². The van der Waals surface area contributed by atoms with Crippen LogP contribution in [0.5, 0.6) is 0 Å². The van der Waals surface area contributed by atoms with Gasteiger partial charge in [0.05, 0.1) is 18.2 Å². The second-order valence-electron chi connectivity index (χ2n) is 5.19. The first kappa shape index (κ1) is 13.8. The van der Waals surface area contributed by atoms with Crippen LogP contribution in [0.1, 0.15) is 23.6 Å². The number of hydrogen-bond donors (Lipinski definition) is 1. The lowest BCUT2D eigenvalue weighted by Gasteiger charge is -2.25. The quantitative estimate of drug-likeness (QED) is 0.932. The number of aliphatic carboxylic acids is 1. The molecule has 0 bridgehead atoms. The minimum Gasteiger partial charge on any atom is -0.481 e. The summed E-state index contributed by atoms with van der Waals surface area (Å²) in [6.07, 6.45) is 3.46. The highest BCUT2D eigenvalue weighted by Gasteiger charge is 2.45. The molecule has 1 N–H and O–H groups in total. The summed E-state index contributed by atoms with van der Waals surface area (Å²) >= 11 is 1.56. The van der Waals surface area contributed by atoms with Crippen molar-refractivity contribution in [2.45, 2.75) is 19.0 Å². The number of likely N-dealkylation sites (tertiary alicyclic amines) is 1. The zero-order valence-corrected chi connectivity index (χ0v) is 12.3. The number of carbonyl (C=O) groups is 2. The first-order valence-corrected chi connectivity index (χ1v) is 7.52. The van der Waals surface area contributed by atoms with E-state index in [2.05, 4.69) is 5.10 Å². The molecular formula is C14H15N3O3S. The summed E-state index contributed by atoms with van der Waals surface area (Å²) in [7, 11) is 1.78. The van der Waals surface area contributed by atoms with Gasteiger partial charge in [-0.1, -0.05) is 0 Å². The van der Waals surface area contributed by atoms with E-state index >= 15 is 0 Å². The molecule has 1 amide bonds. The zero-order chi connectivity index (χ0) is 15.0. The molecule has 3 rings (SSSR count). The monoisotopic (exact) mass is 305 g/mol. The van der Waals surface area contributed by atoms with Gasteiger partial charge in [-0.05, 0) is 22.4 Å². The van der Waals surface area contributed by atoms with Gasteiger partial charge in [-0.3, -0.25) is 14.3 Å². The van der Waals surface area contributed by atoms with Crippen molar-refractivity contribution in [2.24, 2.45) is 13.0 Å². The first-order chi connectivity index (χ1) is 10.1. The van der Waals surface area contributed by atoms with Crippen LogP contribution >= 0.6 is 11.3 Å². The minimum atomic E-state index is -0.940. The van der Waals surface area contributed by atoms with E-state index in [9.17, 15) is 14.7 Å². The molecule has 0 aromatic carbocycles. The Hall–Kier alpha value is -2.15. The molecule has 1 saturated heterocycles. The van der Waals surface area contributed by atoms with Crippen molar-refractivity contribution in [1.29, 1.82) is 0 Å². The maximum absolute atomic E-state index is 12.2. The van der Waals surface area contributed by atoms with Gasteiger partial charge in [0.15, 0.2) is 0 Å². The number of carboxylic acids is 1. The third kappa shape index (κ3) is 2.56. The first-order valence-electron chi connectivity index (χ1n) is 6.58. The predicted octanol–water partition coefficient (Wildman–Crippen LogP) is 1.66. The van der Waals surface area contributed by atoms with Crippen molar-refractivity contribution in [1.82, 2.24) is 14.7 Å². The van der Waals surface area contributed by atoms with Gasteiger partial charge < -0.3 is 10.0 Å². The van der Waals surface area contributed by atoms with Crippen molar-refractivity contribution >= 4 is 23.2 Å². The van der Waals surface area contributed by atoms with Gasteiger partial charge in [-0.15, -0.1) is 0 Å². The molecule has 1 aliphatic rings. The van der Waals surface area contributed by atoms with Gasteiger partial charge >= 0.3 is 5.97 Å². The Morgan fingerprint density at radius 3 is 2.95 bits per heavy atom. The Balaban J connectivity index is 1.95. The van der Waals surface area contributed by atoms with Crippen LogP contribution in [0.15, 0.2) is 29.2 Å². The molecule has 21 heavy (non-hydrogen) atoms. The summed E-state index contributed by atoms with van der Waals surface area (Å²) in [5.74, 6) is -1.78. The largest absolute Gasteiger partial charge is 0.481 e. The normalized spacial score (nSPS) is 22.0. The van der Waals surface area contributed by atoms with Crippen LogP contribution in [0.25, 0.3) is 0 Å². The number of nitrogens with zero attached hydrogens (tertiary/aromatic N) is 3. The lowest BCUT2D eigenvalue weighted by Crippen LogP contribution is -2.29. The zero-order valence-electron chi connectivity index (χ0n) is 11.5. The van der Waals surface area contributed by atoms with Crippen LogP contribution in [0.3, 0.4) is 0 Å². The highest BCUT2D eigenvalue weighted by molar-refractivity contribution is 7.07. The maximum Gasteiger partial charge on any atom is 0.309 e. The summed E-state index contributed by atoms with van der Waals surface area (Å²) in [5.41, 5.74) is 1.79. The molecule has 0 saturated carbocycles. The Morgan fingerprint density at radius 1 is 1.57 bits per heavy atom. The molecule has 1 fully saturated rings. The Bertz CT molecular complexity index is 665. The molecule has 0 spiro atoms. The average Bonchev–Trinajstić information content (AvgIpc) is 3.13. The lowest BCUT2D eigenvalue weighted by atomic mass is 9.96. The summed E-state index contributed by atoms with van der Waals surface area (Å²) < 4.78 is 1.62. The highest BCUT2D eigenvalue weighted by Crippen LogP contribution is 2.39. The fourth-order valence-electron chi connectivity index (χ4n) is 2.78. The Morgan fingerprint density at radius 2 is 2.38 bits per heavy atom. The molecule has 2 aromatic heterocycles. The molecule has 110 valence electrons. The maximum atomic E-state index is 12.2. The van der Waals surface area contributed by atoms with Gasteiger partial charge in [0.25, 0.3) is 0 Å². The Labute approximate surface area is 125 Å². The van der Waals surface area contributed by atoms with Gasteiger partial charge in [-0.25, -0.2) is 0 Å². The van der Waals surface area contributed by atoms with E-state index in [1.54, 1.807) is 40.4 Å². The van der Waals surface area contributed by atoms with E-state index in [4.69, 9.17) is 0 Å². The molecule has 2 unspecified atom stereocenters. The second kappa shape index (κ2) is 5.33. The van der Waals surface area contributed by atoms with Crippen LogP contribution in [0, 0.1) is 5.92 Å². The fourth-order valence-corrected chi connectivity index (χ4v) is 3.44. The average molecular weight is 305 g/mol. The smallest absolute Gasteiger partial charge is 0.309 e. The van der Waals surface area contributed by atoms with Crippen LogP contribution in [-0.2, 0) is 23.2 Å². The number of amides is 1. The van der Waals surface area contributed by atoms with E-state index in [1.165, 1.54) is 0 Å². The summed E-state index contributed by atoms with van der Waals surface area (Å²) in [6, 6.07) is 1.50. The number of aromatic nitrogens is 2. The predicted molar refractivity (Wildman–Crippen MR) is 76.6 cm³/mol. The molecule has 0 radical (unpaired) electrons. The molecule has 3 heterocycles. The number of hydrogen-bond acceptors (Lipinski definition) is 4. The summed E-state index contributed by atoms with van der Waals surface area (Å²) in [4.78, 5) is 25.4. The topological polar surface area (TPSA) is 75.4 Å². The van der Waals surface area contributed by atoms with E-state index in [0.717, 1.165) is 11.1 Å². The molecule has 2 atom stereocenters. The molecule has 2 aromatic rings. The number of carbonyl (C=O) groups excluding carboxylic acids is 1. The highest BCUT2D eigenvalue weighted by atomic mass is 32.1. The molecule has 1 aliphatic heterocycles. The fraction of sp³-hybridized carbons (Fsp3) is 0.357. The minimum absolute atomic E-state index is 0.0407. The van der Waals surface area contributed by atoms with Gasteiger partial charge in [0.2, 0.25) is 5.91 Å². The summed E-state index contributed by atoms with van der Waals surface area (Å²) in [5, 5.41) is 17.4. The SMILES string of the molecule is Cn1cc(C2C(C(=O)O)CC(=O)N2Cc2ccsc2)cn1. The van der Waals surface area contributed by atoms with Gasteiger partial charge in [0.1, 0.15) is 0 Å².